The molecule has 7 heteroatoms. The molecule has 1 fully saturated rings. The highest BCUT2D eigenvalue weighted by Gasteiger charge is 2.52. The maximum atomic E-state index is 13.4. The van der Waals surface area contributed by atoms with E-state index in [1.54, 1.807) is 48.5 Å². The van der Waals surface area contributed by atoms with E-state index < -0.39 is 33.7 Å². The van der Waals surface area contributed by atoms with E-state index in [2.05, 4.69) is 0 Å². The Bertz CT molecular complexity index is 807. The first-order valence-electron chi connectivity index (χ1n) is 7.92. The summed E-state index contributed by atoms with van der Waals surface area (Å²) in [5.41, 5.74) is 0.731. The smallest absolute Gasteiger partial charge is 0.287 e. The summed E-state index contributed by atoms with van der Waals surface area (Å²) in [4.78, 5) is 1.29. The molecule has 0 unspecified atom stereocenters. The average molecular weight is 369 g/mol. The van der Waals surface area contributed by atoms with Gasteiger partial charge in [-0.25, -0.2) is 8.42 Å². The minimum absolute atomic E-state index is 0.0717. The third-order valence-electron chi connectivity index (χ3n) is 4.48. The Labute approximate surface area is 145 Å². The number of alkyl halides is 3. The third-order valence-corrected chi connectivity index (χ3v) is 6.63. The van der Waals surface area contributed by atoms with Crippen molar-refractivity contribution in [3.05, 3.63) is 66.2 Å². The molecule has 1 aliphatic rings. The molecule has 2 atom stereocenters. The number of nitrogens with zero attached hydrogens (tertiary/aromatic N) is 1. The molecule has 0 amide bonds. The van der Waals surface area contributed by atoms with E-state index in [1.807, 2.05) is 0 Å². The molecule has 0 saturated carbocycles. The lowest BCUT2D eigenvalue weighted by Crippen LogP contribution is -2.40. The standard InChI is InChI=1S/C18H18F3NO2S/c19-18(20,21)17-11-16(25(23,24)15-9-5-2-6-10-15)13-22(17)12-14-7-3-1-4-8-14/h1-10,16-17H,11-13H2/t16-,17-/m0/s1. The van der Waals surface area contributed by atoms with Gasteiger partial charge < -0.3 is 0 Å². The van der Waals surface area contributed by atoms with E-state index in [0.717, 1.165) is 5.56 Å². The van der Waals surface area contributed by atoms with Gasteiger partial charge in [-0.3, -0.25) is 4.90 Å². The highest BCUT2D eigenvalue weighted by Crippen LogP contribution is 2.37. The topological polar surface area (TPSA) is 37.4 Å². The van der Waals surface area contributed by atoms with Crippen LogP contribution in [0.15, 0.2) is 65.6 Å². The van der Waals surface area contributed by atoms with Crippen molar-refractivity contribution in [2.24, 2.45) is 0 Å². The molecule has 134 valence electrons. The lowest BCUT2D eigenvalue weighted by atomic mass is 10.2. The van der Waals surface area contributed by atoms with Crippen LogP contribution in [0.3, 0.4) is 0 Å². The van der Waals surface area contributed by atoms with Gasteiger partial charge in [-0.15, -0.1) is 0 Å². The first-order valence-corrected chi connectivity index (χ1v) is 9.47. The Morgan fingerprint density at radius 3 is 2.08 bits per heavy atom. The fourth-order valence-corrected chi connectivity index (χ4v) is 4.97. The molecule has 1 saturated heterocycles. The van der Waals surface area contributed by atoms with Crippen molar-refractivity contribution in [1.29, 1.82) is 0 Å². The summed E-state index contributed by atoms with van der Waals surface area (Å²) in [5.74, 6) is 0. The molecule has 0 aromatic heterocycles. The van der Waals surface area contributed by atoms with Gasteiger partial charge in [0.1, 0.15) is 6.04 Å². The van der Waals surface area contributed by atoms with Crippen LogP contribution in [-0.4, -0.2) is 37.3 Å². The molecule has 0 aliphatic carbocycles. The quantitative estimate of drug-likeness (QED) is 0.825. The Kier molecular flexibility index (Phi) is 4.88. The van der Waals surface area contributed by atoms with Gasteiger partial charge >= 0.3 is 6.18 Å². The molecule has 3 nitrogen and oxygen atoms in total. The highest BCUT2D eigenvalue weighted by atomic mass is 32.2. The van der Waals surface area contributed by atoms with Crippen LogP contribution in [0.25, 0.3) is 0 Å². The Morgan fingerprint density at radius 1 is 0.960 bits per heavy atom. The van der Waals surface area contributed by atoms with Gasteiger partial charge in [-0.1, -0.05) is 48.5 Å². The Hall–Kier alpha value is -1.86. The molecular weight excluding hydrogens is 351 g/mol. The van der Waals surface area contributed by atoms with E-state index in [9.17, 15) is 21.6 Å². The summed E-state index contributed by atoms with van der Waals surface area (Å²) in [6.45, 7) is -0.0534. The summed E-state index contributed by atoms with van der Waals surface area (Å²) in [7, 11) is -3.80. The molecule has 1 aliphatic heterocycles. The van der Waals surface area contributed by atoms with E-state index in [4.69, 9.17) is 0 Å². The molecule has 0 bridgehead atoms. The number of sulfone groups is 1. The summed E-state index contributed by atoms with van der Waals surface area (Å²) in [6.07, 6.45) is -4.90. The Balaban J connectivity index is 1.87. The fraction of sp³-hybridized carbons (Fsp3) is 0.333. The zero-order chi connectivity index (χ0) is 18.1. The first-order chi connectivity index (χ1) is 11.8. The summed E-state index contributed by atoms with van der Waals surface area (Å²) < 4.78 is 65.7. The second kappa shape index (κ2) is 6.80. The second-order valence-electron chi connectivity index (χ2n) is 6.19. The van der Waals surface area contributed by atoms with Crippen LogP contribution in [0.2, 0.25) is 0 Å². The minimum Gasteiger partial charge on any atom is -0.287 e. The number of benzene rings is 2. The van der Waals surface area contributed by atoms with Crippen molar-refractivity contribution < 1.29 is 21.6 Å². The van der Waals surface area contributed by atoms with E-state index in [1.165, 1.54) is 17.0 Å². The summed E-state index contributed by atoms with van der Waals surface area (Å²) >= 11 is 0. The van der Waals surface area contributed by atoms with Crippen LogP contribution in [0.1, 0.15) is 12.0 Å². The maximum absolute atomic E-state index is 13.4. The van der Waals surface area contributed by atoms with Crippen LogP contribution in [0.4, 0.5) is 13.2 Å². The van der Waals surface area contributed by atoms with Crippen molar-refractivity contribution in [2.75, 3.05) is 6.54 Å². The van der Waals surface area contributed by atoms with Gasteiger partial charge in [0.15, 0.2) is 9.84 Å². The molecule has 0 radical (unpaired) electrons. The van der Waals surface area contributed by atoms with Crippen LogP contribution in [0.5, 0.6) is 0 Å². The number of hydrogen-bond donors (Lipinski definition) is 0. The lowest BCUT2D eigenvalue weighted by Gasteiger charge is -2.26. The van der Waals surface area contributed by atoms with Crippen molar-refractivity contribution in [3.63, 3.8) is 0 Å². The maximum Gasteiger partial charge on any atom is 0.404 e. The number of hydrogen-bond acceptors (Lipinski definition) is 3. The van der Waals surface area contributed by atoms with Crippen LogP contribution >= 0.6 is 0 Å². The molecule has 2 aromatic carbocycles. The average Bonchev–Trinajstić information content (AvgIpc) is 3.01. The van der Waals surface area contributed by atoms with Gasteiger partial charge in [0.05, 0.1) is 10.1 Å². The van der Waals surface area contributed by atoms with Gasteiger partial charge in [0.2, 0.25) is 0 Å². The lowest BCUT2D eigenvalue weighted by molar-refractivity contribution is -0.177. The number of halogens is 3. The largest absolute Gasteiger partial charge is 0.404 e. The minimum atomic E-state index is -4.46. The van der Waals surface area contributed by atoms with Crippen LogP contribution in [0, 0.1) is 0 Å². The van der Waals surface area contributed by atoms with Crippen molar-refractivity contribution in [3.8, 4) is 0 Å². The van der Waals surface area contributed by atoms with Crippen molar-refractivity contribution >= 4 is 9.84 Å². The van der Waals surface area contributed by atoms with Gasteiger partial charge in [0.25, 0.3) is 0 Å². The number of likely N-dealkylation sites (tertiary alicyclic amines) is 1. The van der Waals surface area contributed by atoms with Crippen molar-refractivity contribution in [2.45, 2.75) is 35.3 Å². The zero-order valence-corrected chi connectivity index (χ0v) is 14.2. The normalized spacial score (nSPS) is 22.2. The molecule has 2 aromatic rings. The van der Waals surface area contributed by atoms with E-state index >= 15 is 0 Å². The van der Waals surface area contributed by atoms with Gasteiger partial charge in [-0.05, 0) is 24.1 Å². The fourth-order valence-electron chi connectivity index (χ4n) is 3.22. The predicted molar refractivity (Wildman–Crippen MR) is 88.7 cm³/mol. The second-order valence-corrected chi connectivity index (χ2v) is 8.42. The highest BCUT2D eigenvalue weighted by molar-refractivity contribution is 7.92. The van der Waals surface area contributed by atoms with Gasteiger partial charge in [-0.2, -0.15) is 13.2 Å². The molecular formula is C18H18F3NO2S. The monoisotopic (exact) mass is 369 g/mol. The SMILES string of the molecule is O=S(=O)(c1ccccc1)[C@H]1C[C@@H](C(F)(F)F)N(Cc2ccccc2)C1. The summed E-state index contributed by atoms with van der Waals surface area (Å²) in [5, 5.41) is -1.06. The molecule has 3 rings (SSSR count). The number of rotatable bonds is 4. The van der Waals surface area contributed by atoms with E-state index in [-0.39, 0.29) is 18.0 Å². The van der Waals surface area contributed by atoms with Crippen molar-refractivity contribution in [1.82, 2.24) is 4.90 Å². The van der Waals surface area contributed by atoms with Crippen LogP contribution in [-0.2, 0) is 16.4 Å². The van der Waals surface area contributed by atoms with Crippen LogP contribution < -0.4 is 0 Å². The van der Waals surface area contributed by atoms with E-state index in [0.29, 0.717) is 0 Å². The predicted octanol–water partition coefficient (Wildman–Crippen LogP) is 3.67. The molecule has 0 spiro atoms. The van der Waals surface area contributed by atoms with Gasteiger partial charge in [0, 0.05) is 13.1 Å². The summed E-state index contributed by atoms with van der Waals surface area (Å²) in [6, 6.07) is 14.7. The first kappa shape index (κ1) is 17.9. The Morgan fingerprint density at radius 2 is 1.52 bits per heavy atom. The molecule has 0 N–H and O–H groups in total. The third kappa shape index (κ3) is 3.88. The zero-order valence-electron chi connectivity index (χ0n) is 13.4. The molecule has 1 heterocycles. The molecule has 25 heavy (non-hydrogen) atoms.